The molecule has 2 nitrogen and oxygen atoms in total. The van der Waals surface area contributed by atoms with Gasteiger partial charge in [0.05, 0.1) is 0 Å². The molecular weight excluding hydrogens is 304 g/mol. The van der Waals surface area contributed by atoms with Gasteiger partial charge >= 0.3 is 5.97 Å². The average Bonchev–Trinajstić information content (AvgIpc) is 2.48. The van der Waals surface area contributed by atoms with E-state index in [1.54, 1.807) is 12.1 Å². The second-order valence-corrected chi connectivity index (χ2v) is 5.58. The number of hydrogen-bond donors (Lipinski definition) is 0. The molecule has 0 N–H and O–H groups in total. The molecule has 0 saturated carbocycles. The summed E-state index contributed by atoms with van der Waals surface area (Å²) in [7, 11) is 0. The Kier molecular flexibility index (Phi) is 4.38. The molecule has 0 aliphatic rings. The molecule has 0 aromatic heterocycles. The van der Waals surface area contributed by atoms with Crippen LogP contribution in [0.5, 0.6) is 5.75 Å². The predicted octanol–water partition coefficient (Wildman–Crippen LogP) is 4.29. The molecule has 0 amide bonds. The fraction of sp³-hybridized carbons (Fsp3) is 0.188. The highest BCUT2D eigenvalue weighted by molar-refractivity contribution is 9.10. The smallest absolute Gasteiger partial charge is 0.332 e. The van der Waals surface area contributed by atoms with Gasteiger partial charge in [0.15, 0.2) is 0 Å². The molecule has 98 valence electrons. The number of para-hydroxylation sites is 1. The van der Waals surface area contributed by atoms with Crippen molar-refractivity contribution in [1.29, 1.82) is 0 Å². The van der Waals surface area contributed by atoms with Crippen molar-refractivity contribution in [3.05, 3.63) is 66.2 Å². The minimum atomic E-state index is -0.801. The number of halogens is 1. The van der Waals surface area contributed by atoms with Gasteiger partial charge in [-0.3, -0.25) is 0 Å². The van der Waals surface area contributed by atoms with Crippen LogP contribution in [0.15, 0.2) is 60.7 Å². The Hall–Kier alpha value is -1.61. The van der Waals surface area contributed by atoms with E-state index in [0.717, 1.165) is 5.56 Å². The predicted molar refractivity (Wildman–Crippen MR) is 79.4 cm³/mol. The van der Waals surface area contributed by atoms with Crippen molar-refractivity contribution in [2.75, 3.05) is 0 Å². The van der Waals surface area contributed by atoms with Crippen LogP contribution in [-0.4, -0.2) is 5.97 Å². The van der Waals surface area contributed by atoms with Crippen molar-refractivity contribution >= 4 is 21.9 Å². The van der Waals surface area contributed by atoms with E-state index in [1.165, 1.54) is 0 Å². The molecule has 0 aliphatic heterocycles. The Bertz CT molecular complexity index is 539. The van der Waals surface area contributed by atoms with Crippen molar-refractivity contribution < 1.29 is 9.53 Å². The highest BCUT2D eigenvalue weighted by Crippen LogP contribution is 2.36. The molecule has 1 atom stereocenters. The van der Waals surface area contributed by atoms with Crippen LogP contribution in [0.1, 0.15) is 18.9 Å². The van der Waals surface area contributed by atoms with E-state index < -0.39 is 4.32 Å². The van der Waals surface area contributed by atoms with Gasteiger partial charge in [-0.25, -0.2) is 4.79 Å². The molecular formula is C16H15BrO2. The maximum atomic E-state index is 12.4. The van der Waals surface area contributed by atoms with Crippen LogP contribution in [0.4, 0.5) is 0 Å². The lowest BCUT2D eigenvalue weighted by Gasteiger charge is -2.24. The molecule has 19 heavy (non-hydrogen) atoms. The van der Waals surface area contributed by atoms with Crippen LogP contribution in [0.25, 0.3) is 0 Å². The van der Waals surface area contributed by atoms with Crippen LogP contribution < -0.4 is 4.74 Å². The lowest BCUT2D eigenvalue weighted by molar-refractivity contribution is -0.137. The molecule has 2 aromatic carbocycles. The van der Waals surface area contributed by atoms with Gasteiger partial charge in [0.2, 0.25) is 0 Å². The van der Waals surface area contributed by atoms with Gasteiger partial charge in [0.25, 0.3) is 0 Å². The van der Waals surface area contributed by atoms with E-state index >= 15 is 0 Å². The van der Waals surface area contributed by atoms with Crippen LogP contribution >= 0.6 is 15.9 Å². The largest absolute Gasteiger partial charge is 0.425 e. The lowest BCUT2D eigenvalue weighted by Crippen LogP contribution is -2.32. The van der Waals surface area contributed by atoms with Crippen molar-refractivity contribution in [1.82, 2.24) is 0 Å². The third kappa shape index (κ3) is 3.04. The minimum Gasteiger partial charge on any atom is -0.425 e. The summed E-state index contributed by atoms with van der Waals surface area (Å²) in [5.41, 5.74) is 0.901. The van der Waals surface area contributed by atoms with Crippen molar-refractivity contribution in [3.63, 3.8) is 0 Å². The number of esters is 1. The van der Waals surface area contributed by atoms with Gasteiger partial charge in [0.1, 0.15) is 10.1 Å². The van der Waals surface area contributed by atoms with E-state index in [1.807, 2.05) is 55.5 Å². The zero-order valence-electron chi connectivity index (χ0n) is 10.7. The van der Waals surface area contributed by atoms with Gasteiger partial charge in [-0.15, -0.1) is 0 Å². The minimum absolute atomic E-state index is 0.299. The molecule has 2 rings (SSSR count). The topological polar surface area (TPSA) is 26.3 Å². The number of carbonyl (C=O) groups is 1. The summed E-state index contributed by atoms with van der Waals surface area (Å²) in [4.78, 5) is 12.4. The Balaban J connectivity index is 2.24. The summed E-state index contributed by atoms with van der Waals surface area (Å²) in [6, 6.07) is 18.7. The standard InChI is InChI=1S/C16H15BrO2/c1-2-16(17,13-9-5-3-6-10-13)15(18)19-14-11-7-4-8-12-14/h3-12H,2H2,1H3. The molecule has 0 spiro atoms. The monoisotopic (exact) mass is 318 g/mol. The van der Waals surface area contributed by atoms with Crippen LogP contribution in [-0.2, 0) is 9.12 Å². The Morgan fingerprint density at radius 3 is 2.11 bits per heavy atom. The molecule has 3 heteroatoms. The number of benzene rings is 2. The highest BCUT2D eigenvalue weighted by Gasteiger charge is 2.37. The quantitative estimate of drug-likeness (QED) is 0.477. The van der Waals surface area contributed by atoms with Gasteiger partial charge < -0.3 is 4.74 Å². The van der Waals surface area contributed by atoms with Gasteiger partial charge in [-0.1, -0.05) is 71.4 Å². The number of rotatable bonds is 4. The first kappa shape index (κ1) is 13.8. The van der Waals surface area contributed by atoms with Crippen molar-refractivity contribution in [2.24, 2.45) is 0 Å². The van der Waals surface area contributed by atoms with Crippen LogP contribution in [0, 0.1) is 0 Å². The molecule has 0 aliphatic carbocycles. The summed E-state index contributed by atoms with van der Waals surface area (Å²) in [5.74, 6) is 0.258. The van der Waals surface area contributed by atoms with Crippen LogP contribution in [0.2, 0.25) is 0 Å². The fourth-order valence-corrected chi connectivity index (χ4v) is 2.19. The van der Waals surface area contributed by atoms with Gasteiger partial charge in [-0.05, 0) is 24.1 Å². The zero-order valence-corrected chi connectivity index (χ0v) is 12.3. The first-order valence-electron chi connectivity index (χ1n) is 6.18. The average molecular weight is 319 g/mol. The zero-order chi connectivity index (χ0) is 13.7. The molecule has 0 heterocycles. The SMILES string of the molecule is CCC(Br)(C(=O)Oc1ccccc1)c1ccccc1. The third-order valence-electron chi connectivity index (χ3n) is 3.00. The van der Waals surface area contributed by atoms with E-state index in [0.29, 0.717) is 12.2 Å². The molecule has 0 saturated heterocycles. The van der Waals surface area contributed by atoms with Gasteiger partial charge in [0, 0.05) is 0 Å². The first-order chi connectivity index (χ1) is 9.16. The molecule has 1 unspecified atom stereocenters. The van der Waals surface area contributed by atoms with E-state index in [4.69, 9.17) is 4.74 Å². The summed E-state index contributed by atoms with van der Waals surface area (Å²) < 4.78 is 4.64. The summed E-state index contributed by atoms with van der Waals surface area (Å²) in [5, 5.41) is 0. The van der Waals surface area contributed by atoms with E-state index in [9.17, 15) is 4.79 Å². The Labute approximate surface area is 121 Å². The summed E-state index contributed by atoms with van der Waals surface area (Å²) in [6.07, 6.45) is 0.614. The second-order valence-electron chi connectivity index (χ2n) is 4.22. The van der Waals surface area contributed by atoms with Gasteiger partial charge in [-0.2, -0.15) is 0 Å². The number of hydrogen-bond acceptors (Lipinski definition) is 2. The van der Waals surface area contributed by atoms with Crippen molar-refractivity contribution in [2.45, 2.75) is 17.7 Å². The second kappa shape index (κ2) is 6.02. The molecule has 0 radical (unpaired) electrons. The molecule has 0 bridgehead atoms. The number of alkyl halides is 1. The molecule has 2 aromatic rings. The highest BCUT2D eigenvalue weighted by atomic mass is 79.9. The Morgan fingerprint density at radius 2 is 1.58 bits per heavy atom. The maximum Gasteiger partial charge on any atom is 0.332 e. The number of ether oxygens (including phenoxy) is 1. The summed E-state index contributed by atoms with van der Waals surface area (Å²) in [6.45, 7) is 1.95. The van der Waals surface area contributed by atoms with Crippen molar-refractivity contribution in [3.8, 4) is 5.75 Å². The van der Waals surface area contributed by atoms with E-state index in [2.05, 4.69) is 15.9 Å². The van der Waals surface area contributed by atoms with E-state index in [-0.39, 0.29) is 5.97 Å². The molecule has 0 fully saturated rings. The lowest BCUT2D eigenvalue weighted by atomic mass is 9.96. The maximum absolute atomic E-state index is 12.4. The third-order valence-corrected chi connectivity index (χ3v) is 4.34. The normalized spacial score (nSPS) is 13.6. The fourth-order valence-electron chi connectivity index (χ4n) is 1.85. The first-order valence-corrected chi connectivity index (χ1v) is 6.98. The number of carbonyl (C=O) groups excluding carboxylic acids is 1. The summed E-state index contributed by atoms with van der Waals surface area (Å²) >= 11 is 3.54. The Morgan fingerprint density at radius 1 is 1.05 bits per heavy atom. The van der Waals surface area contributed by atoms with Crippen LogP contribution in [0.3, 0.4) is 0 Å².